The van der Waals surface area contributed by atoms with Crippen LogP contribution in [0.5, 0.6) is 0 Å². The third-order valence-corrected chi connectivity index (χ3v) is 3.30. The van der Waals surface area contributed by atoms with E-state index in [1.54, 1.807) is 0 Å². The first-order valence-corrected chi connectivity index (χ1v) is 6.41. The zero-order valence-corrected chi connectivity index (χ0v) is 12.3. The van der Waals surface area contributed by atoms with E-state index in [0.717, 1.165) is 16.6 Å². The van der Waals surface area contributed by atoms with Crippen LogP contribution in [0.4, 0.5) is 0 Å². The molecule has 1 rings (SSSR count). The van der Waals surface area contributed by atoms with Crippen LogP contribution in [0.1, 0.15) is 22.8 Å². The molecule has 4 heteroatoms. The second-order valence-corrected chi connectivity index (χ2v) is 5.46. The first-order chi connectivity index (χ1) is 7.90. The number of halogens is 1. The maximum Gasteiger partial charge on any atom is 0.251 e. The van der Waals surface area contributed by atoms with E-state index < -0.39 is 0 Å². The van der Waals surface area contributed by atoms with Crippen LogP contribution in [-0.2, 0) is 0 Å². The van der Waals surface area contributed by atoms with E-state index in [0.29, 0.717) is 5.56 Å². The predicted octanol–water partition coefficient (Wildman–Crippen LogP) is 2.44. The number of aryl methyl sites for hydroxylation is 1. The zero-order chi connectivity index (χ0) is 13.0. The Morgan fingerprint density at radius 1 is 1.47 bits per heavy atom. The van der Waals surface area contributed by atoms with Gasteiger partial charge in [-0.3, -0.25) is 4.79 Å². The lowest BCUT2D eigenvalue weighted by Gasteiger charge is -2.18. The van der Waals surface area contributed by atoms with Gasteiger partial charge in [0, 0.05) is 22.6 Å². The summed E-state index contributed by atoms with van der Waals surface area (Å²) in [6.45, 7) is 4.83. The summed E-state index contributed by atoms with van der Waals surface area (Å²) in [5.74, 6) is -0.0277. The van der Waals surface area contributed by atoms with Gasteiger partial charge in [-0.1, -0.05) is 22.0 Å². The molecule has 3 nitrogen and oxygen atoms in total. The van der Waals surface area contributed by atoms with E-state index in [4.69, 9.17) is 0 Å². The summed E-state index contributed by atoms with van der Waals surface area (Å²) in [6, 6.07) is 5.78. The number of carbonyl (C=O) groups is 1. The molecule has 1 N–H and O–H groups in total. The fraction of sp³-hybridized carbons (Fsp3) is 0.462. The van der Waals surface area contributed by atoms with Crippen LogP contribution in [-0.4, -0.2) is 37.5 Å². The molecule has 0 saturated carbocycles. The summed E-state index contributed by atoms with van der Waals surface area (Å²) in [5.41, 5.74) is 1.82. The molecule has 0 fully saturated rings. The first-order valence-electron chi connectivity index (χ1n) is 5.62. The van der Waals surface area contributed by atoms with E-state index in [2.05, 4.69) is 26.1 Å². The van der Waals surface area contributed by atoms with E-state index >= 15 is 0 Å². The first kappa shape index (κ1) is 14.2. The molecule has 1 amide bonds. The number of hydrogen-bond donors (Lipinski definition) is 1. The van der Waals surface area contributed by atoms with Gasteiger partial charge >= 0.3 is 0 Å². The minimum absolute atomic E-state index is 0.0277. The van der Waals surface area contributed by atoms with Crippen LogP contribution in [0.3, 0.4) is 0 Å². The monoisotopic (exact) mass is 298 g/mol. The van der Waals surface area contributed by atoms with Crippen molar-refractivity contribution in [2.75, 3.05) is 20.6 Å². The summed E-state index contributed by atoms with van der Waals surface area (Å²) in [5, 5.41) is 2.97. The van der Waals surface area contributed by atoms with Crippen LogP contribution < -0.4 is 5.32 Å². The highest BCUT2D eigenvalue weighted by molar-refractivity contribution is 9.10. The lowest BCUT2D eigenvalue weighted by atomic mass is 10.1. The molecule has 0 aliphatic rings. The Hall–Kier alpha value is -0.870. The number of likely N-dealkylation sites (N-methyl/N-ethyl adjacent to an activating group) is 1. The Labute approximate surface area is 111 Å². The molecular weight excluding hydrogens is 280 g/mol. The van der Waals surface area contributed by atoms with Gasteiger partial charge in [0.15, 0.2) is 0 Å². The molecule has 0 spiro atoms. The molecule has 0 bridgehead atoms. The maximum atomic E-state index is 11.9. The highest BCUT2D eigenvalue weighted by atomic mass is 79.9. The molecule has 0 aromatic heterocycles. The number of hydrogen-bond acceptors (Lipinski definition) is 2. The summed E-state index contributed by atoms with van der Waals surface area (Å²) >= 11 is 3.43. The predicted molar refractivity (Wildman–Crippen MR) is 74.4 cm³/mol. The topological polar surface area (TPSA) is 32.3 Å². The molecule has 1 aromatic carbocycles. The molecule has 94 valence electrons. The average Bonchev–Trinajstić information content (AvgIpc) is 2.20. The van der Waals surface area contributed by atoms with E-state index in [1.165, 1.54) is 0 Å². The Balaban J connectivity index is 2.66. The molecule has 0 aliphatic heterocycles. The van der Waals surface area contributed by atoms with Crippen LogP contribution in [0.2, 0.25) is 0 Å². The van der Waals surface area contributed by atoms with Gasteiger partial charge in [0.1, 0.15) is 0 Å². The minimum Gasteiger partial charge on any atom is -0.348 e. The minimum atomic E-state index is -0.0277. The molecular formula is C13H19BrN2O. The number of amides is 1. The van der Waals surface area contributed by atoms with E-state index in [-0.39, 0.29) is 11.9 Å². The number of nitrogens with zero attached hydrogens (tertiary/aromatic N) is 1. The fourth-order valence-corrected chi connectivity index (χ4v) is 2.01. The summed E-state index contributed by atoms with van der Waals surface area (Å²) in [7, 11) is 3.98. The van der Waals surface area contributed by atoms with Gasteiger partial charge in [-0.15, -0.1) is 0 Å². The van der Waals surface area contributed by atoms with Crippen LogP contribution in [0.25, 0.3) is 0 Å². The molecule has 0 heterocycles. The van der Waals surface area contributed by atoms with Gasteiger partial charge < -0.3 is 10.2 Å². The van der Waals surface area contributed by atoms with Crippen molar-refractivity contribution < 1.29 is 4.79 Å². The fourth-order valence-electron chi connectivity index (χ4n) is 1.63. The van der Waals surface area contributed by atoms with Crippen molar-refractivity contribution in [2.24, 2.45) is 0 Å². The highest BCUT2D eigenvalue weighted by Gasteiger charge is 2.11. The SMILES string of the molecule is Cc1ccc(C(=O)NC(C)CN(C)C)cc1Br. The number of rotatable bonds is 4. The van der Waals surface area contributed by atoms with Crippen molar-refractivity contribution in [1.82, 2.24) is 10.2 Å². The van der Waals surface area contributed by atoms with Crippen molar-refractivity contribution in [3.05, 3.63) is 33.8 Å². The lowest BCUT2D eigenvalue weighted by Crippen LogP contribution is -2.39. The molecule has 1 unspecified atom stereocenters. The van der Waals surface area contributed by atoms with E-state index in [9.17, 15) is 4.79 Å². The highest BCUT2D eigenvalue weighted by Crippen LogP contribution is 2.17. The largest absolute Gasteiger partial charge is 0.348 e. The lowest BCUT2D eigenvalue weighted by molar-refractivity contribution is 0.0934. The summed E-state index contributed by atoms with van der Waals surface area (Å²) in [4.78, 5) is 14.0. The normalized spacial score (nSPS) is 12.6. The molecule has 17 heavy (non-hydrogen) atoms. The molecule has 1 atom stereocenters. The molecule has 0 saturated heterocycles. The van der Waals surface area contributed by atoms with Crippen LogP contribution in [0, 0.1) is 6.92 Å². The number of nitrogens with one attached hydrogen (secondary N) is 1. The quantitative estimate of drug-likeness (QED) is 0.926. The van der Waals surface area contributed by atoms with Crippen LogP contribution >= 0.6 is 15.9 Å². The molecule has 1 aromatic rings. The van der Waals surface area contributed by atoms with E-state index in [1.807, 2.05) is 46.1 Å². The van der Waals surface area contributed by atoms with Gasteiger partial charge in [0.05, 0.1) is 0 Å². The van der Waals surface area contributed by atoms with Crippen molar-refractivity contribution in [3.8, 4) is 0 Å². The number of carbonyl (C=O) groups excluding carboxylic acids is 1. The van der Waals surface area contributed by atoms with Gasteiger partial charge in [0.2, 0.25) is 0 Å². The second kappa shape index (κ2) is 6.17. The maximum absolute atomic E-state index is 11.9. The van der Waals surface area contributed by atoms with Gasteiger partial charge in [-0.25, -0.2) is 0 Å². The van der Waals surface area contributed by atoms with Gasteiger partial charge in [-0.2, -0.15) is 0 Å². The summed E-state index contributed by atoms with van der Waals surface area (Å²) < 4.78 is 0.963. The van der Waals surface area contributed by atoms with Crippen molar-refractivity contribution >= 4 is 21.8 Å². The van der Waals surface area contributed by atoms with Gasteiger partial charge in [-0.05, 0) is 45.6 Å². The summed E-state index contributed by atoms with van der Waals surface area (Å²) in [6.07, 6.45) is 0. The Kier molecular flexibility index (Phi) is 5.15. The molecule has 0 aliphatic carbocycles. The Morgan fingerprint density at radius 2 is 2.12 bits per heavy atom. The average molecular weight is 299 g/mol. The van der Waals surface area contributed by atoms with Crippen molar-refractivity contribution in [2.45, 2.75) is 19.9 Å². The van der Waals surface area contributed by atoms with Crippen LogP contribution in [0.15, 0.2) is 22.7 Å². The van der Waals surface area contributed by atoms with Gasteiger partial charge in [0.25, 0.3) is 5.91 Å². The van der Waals surface area contributed by atoms with Crippen molar-refractivity contribution in [3.63, 3.8) is 0 Å². The Bertz CT molecular complexity index is 404. The number of benzene rings is 1. The Morgan fingerprint density at radius 3 is 2.65 bits per heavy atom. The zero-order valence-electron chi connectivity index (χ0n) is 10.7. The van der Waals surface area contributed by atoms with Crippen molar-refractivity contribution in [1.29, 1.82) is 0 Å². The third kappa shape index (κ3) is 4.48. The molecule has 0 radical (unpaired) electrons. The standard InChI is InChI=1S/C13H19BrN2O/c1-9-5-6-11(7-12(9)14)13(17)15-10(2)8-16(3)4/h5-7,10H,8H2,1-4H3,(H,15,17). The smallest absolute Gasteiger partial charge is 0.251 e. The second-order valence-electron chi connectivity index (χ2n) is 4.60. The third-order valence-electron chi connectivity index (χ3n) is 2.45.